The molecule has 162 valence electrons. The van der Waals surface area contributed by atoms with Gasteiger partial charge in [-0.2, -0.15) is 0 Å². The SMILES string of the molecule is COc1ccc(N2CCN(CCNS(=O)(=O)c3ccc4c(c3)OCCO4)CC2)cc1. The summed E-state index contributed by atoms with van der Waals surface area (Å²) in [4.78, 5) is 4.79. The number of anilines is 1. The molecular weight excluding hydrogens is 406 g/mol. The molecule has 0 unspecified atom stereocenters. The second-order valence-electron chi connectivity index (χ2n) is 7.23. The third kappa shape index (κ3) is 4.80. The first-order valence-electron chi connectivity index (χ1n) is 10.1. The topological polar surface area (TPSA) is 80.3 Å². The van der Waals surface area contributed by atoms with E-state index in [4.69, 9.17) is 14.2 Å². The first-order valence-corrected chi connectivity index (χ1v) is 11.5. The zero-order valence-corrected chi connectivity index (χ0v) is 17.9. The summed E-state index contributed by atoms with van der Waals surface area (Å²) in [6.45, 7) is 5.51. The van der Waals surface area contributed by atoms with Crippen LogP contribution in [0.5, 0.6) is 17.2 Å². The van der Waals surface area contributed by atoms with E-state index in [0.717, 1.165) is 31.9 Å². The predicted molar refractivity (Wildman–Crippen MR) is 114 cm³/mol. The van der Waals surface area contributed by atoms with E-state index in [1.165, 1.54) is 11.8 Å². The van der Waals surface area contributed by atoms with Crippen molar-refractivity contribution in [1.29, 1.82) is 0 Å². The Hall–Kier alpha value is -2.49. The fraction of sp³-hybridized carbons (Fsp3) is 0.429. The van der Waals surface area contributed by atoms with Gasteiger partial charge in [0.1, 0.15) is 19.0 Å². The summed E-state index contributed by atoms with van der Waals surface area (Å²) in [7, 11) is -1.93. The molecule has 4 rings (SSSR count). The average Bonchev–Trinajstić information content (AvgIpc) is 2.79. The Balaban J connectivity index is 1.25. The number of hydrogen-bond acceptors (Lipinski definition) is 7. The summed E-state index contributed by atoms with van der Waals surface area (Å²) in [6, 6.07) is 12.8. The molecule has 2 aliphatic heterocycles. The van der Waals surface area contributed by atoms with E-state index < -0.39 is 10.0 Å². The molecule has 0 saturated carbocycles. The zero-order valence-electron chi connectivity index (χ0n) is 17.0. The van der Waals surface area contributed by atoms with Gasteiger partial charge < -0.3 is 19.1 Å². The van der Waals surface area contributed by atoms with Gasteiger partial charge in [0.05, 0.1) is 12.0 Å². The van der Waals surface area contributed by atoms with Crippen molar-refractivity contribution in [3.8, 4) is 17.2 Å². The number of piperazine rings is 1. The fourth-order valence-corrected chi connectivity index (χ4v) is 4.67. The summed E-state index contributed by atoms with van der Waals surface area (Å²) in [5.41, 5.74) is 1.18. The Morgan fingerprint density at radius 1 is 0.967 bits per heavy atom. The molecule has 2 aromatic carbocycles. The van der Waals surface area contributed by atoms with E-state index in [9.17, 15) is 8.42 Å². The molecule has 0 spiro atoms. The summed E-state index contributed by atoms with van der Waals surface area (Å²) in [6.07, 6.45) is 0. The monoisotopic (exact) mass is 433 g/mol. The van der Waals surface area contributed by atoms with Gasteiger partial charge in [0.25, 0.3) is 0 Å². The maximum atomic E-state index is 12.6. The van der Waals surface area contributed by atoms with Crippen LogP contribution in [-0.4, -0.2) is 72.9 Å². The highest BCUT2D eigenvalue weighted by atomic mass is 32.2. The van der Waals surface area contributed by atoms with Crippen LogP contribution in [0.4, 0.5) is 5.69 Å². The Morgan fingerprint density at radius 2 is 1.67 bits per heavy atom. The Morgan fingerprint density at radius 3 is 2.37 bits per heavy atom. The summed E-state index contributed by atoms with van der Waals surface area (Å²) in [5.74, 6) is 1.90. The van der Waals surface area contributed by atoms with Crippen LogP contribution in [-0.2, 0) is 10.0 Å². The lowest BCUT2D eigenvalue weighted by atomic mass is 10.2. The molecule has 1 fully saturated rings. The number of fused-ring (bicyclic) bond motifs is 1. The van der Waals surface area contributed by atoms with Gasteiger partial charge in [-0.25, -0.2) is 13.1 Å². The second kappa shape index (κ2) is 9.11. The largest absolute Gasteiger partial charge is 0.497 e. The van der Waals surface area contributed by atoms with E-state index >= 15 is 0 Å². The van der Waals surface area contributed by atoms with Gasteiger partial charge in [-0.1, -0.05) is 0 Å². The molecule has 30 heavy (non-hydrogen) atoms. The predicted octanol–water partition coefficient (Wildman–Crippen LogP) is 1.57. The maximum Gasteiger partial charge on any atom is 0.240 e. The number of nitrogens with one attached hydrogen (secondary N) is 1. The highest BCUT2D eigenvalue weighted by Crippen LogP contribution is 2.32. The lowest BCUT2D eigenvalue weighted by Gasteiger charge is -2.36. The minimum absolute atomic E-state index is 0.191. The van der Waals surface area contributed by atoms with Gasteiger partial charge in [-0.15, -0.1) is 0 Å². The first-order chi connectivity index (χ1) is 14.5. The number of benzene rings is 2. The van der Waals surface area contributed by atoms with Gasteiger partial charge in [0, 0.05) is 51.0 Å². The van der Waals surface area contributed by atoms with E-state index in [-0.39, 0.29) is 4.90 Å². The molecule has 2 aromatic rings. The standard InChI is InChI=1S/C21H27N3O5S/c1-27-18-4-2-17(3-5-18)24-12-10-23(11-13-24)9-8-22-30(25,26)19-6-7-20-21(16-19)29-15-14-28-20/h2-7,16,22H,8-15H2,1H3. The van der Waals surface area contributed by atoms with E-state index in [1.54, 1.807) is 19.2 Å². The zero-order chi connectivity index (χ0) is 21.0. The summed E-state index contributed by atoms with van der Waals surface area (Å²) < 4.78 is 44.0. The molecule has 8 nitrogen and oxygen atoms in total. The van der Waals surface area contributed by atoms with Crippen molar-refractivity contribution < 1.29 is 22.6 Å². The smallest absolute Gasteiger partial charge is 0.240 e. The maximum absolute atomic E-state index is 12.6. The van der Waals surface area contributed by atoms with Crippen LogP contribution in [0.2, 0.25) is 0 Å². The Labute approximate surface area is 177 Å². The van der Waals surface area contributed by atoms with Gasteiger partial charge in [-0.3, -0.25) is 4.90 Å². The molecule has 0 atom stereocenters. The van der Waals surface area contributed by atoms with Crippen molar-refractivity contribution in [3.63, 3.8) is 0 Å². The van der Waals surface area contributed by atoms with E-state index in [1.807, 2.05) is 12.1 Å². The van der Waals surface area contributed by atoms with Gasteiger partial charge in [-0.05, 0) is 36.4 Å². The van der Waals surface area contributed by atoms with Crippen LogP contribution in [0.25, 0.3) is 0 Å². The van der Waals surface area contributed by atoms with Crippen LogP contribution in [0.15, 0.2) is 47.4 Å². The van der Waals surface area contributed by atoms with Crippen LogP contribution in [0, 0.1) is 0 Å². The van der Waals surface area contributed by atoms with Crippen molar-refractivity contribution >= 4 is 15.7 Å². The number of ether oxygens (including phenoxy) is 3. The van der Waals surface area contributed by atoms with Crippen molar-refractivity contribution in [2.24, 2.45) is 0 Å². The molecule has 0 aliphatic carbocycles. The molecule has 1 N–H and O–H groups in total. The molecule has 1 saturated heterocycles. The lowest BCUT2D eigenvalue weighted by molar-refractivity contribution is 0.171. The summed E-state index contributed by atoms with van der Waals surface area (Å²) in [5, 5.41) is 0. The molecule has 9 heteroatoms. The van der Waals surface area contributed by atoms with E-state index in [2.05, 4.69) is 26.7 Å². The van der Waals surface area contributed by atoms with Crippen LogP contribution in [0.3, 0.4) is 0 Å². The number of hydrogen-bond donors (Lipinski definition) is 1. The minimum atomic E-state index is -3.59. The number of nitrogens with zero attached hydrogens (tertiary/aromatic N) is 2. The van der Waals surface area contributed by atoms with Gasteiger partial charge >= 0.3 is 0 Å². The van der Waals surface area contributed by atoms with Crippen molar-refractivity contribution in [1.82, 2.24) is 9.62 Å². The number of rotatable bonds is 7. The molecule has 0 aromatic heterocycles. The molecule has 0 amide bonds. The first kappa shape index (κ1) is 20.8. The van der Waals surface area contributed by atoms with E-state index in [0.29, 0.717) is 37.8 Å². The lowest BCUT2D eigenvalue weighted by Crippen LogP contribution is -2.48. The van der Waals surface area contributed by atoms with Crippen molar-refractivity contribution in [3.05, 3.63) is 42.5 Å². The number of methoxy groups -OCH3 is 1. The highest BCUT2D eigenvalue weighted by molar-refractivity contribution is 7.89. The Bertz CT molecular complexity index is 957. The highest BCUT2D eigenvalue weighted by Gasteiger charge is 2.21. The minimum Gasteiger partial charge on any atom is -0.497 e. The molecule has 2 aliphatic rings. The van der Waals surface area contributed by atoms with Crippen LogP contribution in [0.1, 0.15) is 0 Å². The normalized spacial score (nSPS) is 17.0. The molecule has 0 radical (unpaired) electrons. The van der Waals surface area contributed by atoms with Crippen molar-refractivity contribution in [2.45, 2.75) is 4.90 Å². The number of sulfonamides is 1. The Kier molecular flexibility index (Phi) is 6.31. The van der Waals surface area contributed by atoms with Crippen LogP contribution >= 0.6 is 0 Å². The van der Waals surface area contributed by atoms with Gasteiger partial charge in [0.15, 0.2) is 11.5 Å². The molecule has 0 bridgehead atoms. The average molecular weight is 434 g/mol. The van der Waals surface area contributed by atoms with Crippen molar-refractivity contribution in [2.75, 3.05) is 64.5 Å². The second-order valence-corrected chi connectivity index (χ2v) is 9.00. The third-order valence-electron chi connectivity index (χ3n) is 5.35. The molecular formula is C21H27N3O5S. The fourth-order valence-electron chi connectivity index (χ4n) is 3.64. The summed E-state index contributed by atoms with van der Waals surface area (Å²) >= 11 is 0. The van der Waals surface area contributed by atoms with Gasteiger partial charge in [0.2, 0.25) is 10.0 Å². The van der Waals surface area contributed by atoms with Crippen LogP contribution < -0.4 is 23.8 Å². The molecule has 2 heterocycles. The quantitative estimate of drug-likeness (QED) is 0.710. The third-order valence-corrected chi connectivity index (χ3v) is 6.81.